The molecule has 0 atom stereocenters. The first-order chi connectivity index (χ1) is 6.91. The summed E-state index contributed by atoms with van der Waals surface area (Å²) in [5.74, 6) is -1.24. The van der Waals surface area contributed by atoms with Crippen LogP contribution in [0.1, 0.15) is 12.5 Å². The Morgan fingerprint density at radius 3 is 2.53 bits per heavy atom. The molecule has 0 radical (unpaired) electrons. The highest BCUT2D eigenvalue weighted by Gasteiger charge is 2.08. The second-order valence-corrected chi connectivity index (χ2v) is 3.80. The molecule has 15 heavy (non-hydrogen) atoms. The van der Waals surface area contributed by atoms with Crippen molar-refractivity contribution < 1.29 is 15.0 Å². The Bertz CT molecular complexity index is 439. The van der Waals surface area contributed by atoms with Crippen LogP contribution in [0.4, 0.5) is 0 Å². The van der Waals surface area contributed by atoms with Gasteiger partial charge in [0.15, 0.2) is 0 Å². The van der Waals surface area contributed by atoms with Gasteiger partial charge in [0.1, 0.15) is 5.75 Å². The van der Waals surface area contributed by atoms with E-state index >= 15 is 0 Å². The van der Waals surface area contributed by atoms with E-state index in [9.17, 15) is 9.90 Å². The number of carboxylic acid groups (broad SMARTS) is 1. The minimum absolute atomic E-state index is 0.0867. The van der Waals surface area contributed by atoms with Gasteiger partial charge in [-0.2, -0.15) is 0 Å². The number of aromatic hydroxyl groups is 1. The standard InChI is InChI=1S/C10H8Cl2O3/c1-5(10(14)15)2-6-3-7(11)4-8(12)9(6)13/h2-4,13H,1H3,(H,14,15)/b5-2+. The van der Waals surface area contributed by atoms with Gasteiger partial charge in [-0.1, -0.05) is 23.2 Å². The Morgan fingerprint density at radius 2 is 2.00 bits per heavy atom. The van der Waals surface area contributed by atoms with Gasteiger partial charge >= 0.3 is 5.97 Å². The summed E-state index contributed by atoms with van der Waals surface area (Å²) in [4.78, 5) is 10.6. The normalized spacial score (nSPS) is 11.5. The van der Waals surface area contributed by atoms with E-state index in [1.54, 1.807) is 0 Å². The van der Waals surface area contributed by atoms with E-state index in [1.165, 1.54) is 25.1 Å². The molecule has 0 aliphatic heterocycles. The third kappa shape index (κ3) is 2.88. The lowest BCUT2D eigenvalue weighted by Gasteiger charge is -2.03. The summed E-state index contributed by atoms with van der Waals surface area (Å²) in [6, 6.07) is 2.82. The topological polar surface area (TPSA) is 57.5 Å². The number of hydrogen-bond acceptors (Lipinski definition) is 2. The van der Waals surface area contributed by atoms with Crippen molar-refractivity contribution >= 4 is 35.2 Å². The van der Waals surface area contributed by atoms with Crippen molar-refractivity contribution in [1.29, 1.82) is 0 Å². The maximum absolute atomic E-state index is 10.6. The number of hydrogen-bond donors (Lipinski definition) is 2. The van der Waals surface area contributed by atoms with Crippen LogP contribution in [0.3, 0.4) is 0 Å². The number of carbonyl (C=O) groups is 1. The molecule has 5 heteroatoms. The third-order valence-corrected chi connectivity index (χ3v) is 2.27. The van der Waals surface area contributed by atoms with Gasteiger partial charge in [0.2, 0.25) is 0 Å². The summed E-state index contributed by atoms with van der Waals surface area (Å²) in [6.07, 6.45) is 1.30. The van der Waals surface area contributed by atoms with Crippen molar-refractivity contribution in [2.45, 2.75) is 6.92 Å². The fourth-order valence-corrected chi connectivity index (χ4v) is 1.50. The van der Waals surface area contributed by atoms with Crippen LogP contribution in [-0.4, -0.2) is 16.2 Å². The second kappa shape index (κ2) is 4.55. The molecule has 0 amide bonds. The van der Waals surface area contributed by atoms with Crippen LogP contribution in [0.25, 0.3) is 6.08 Å². The van der Waals surface area contributed by atoms with E-state index in [0.717, 1.165) is 0 Å². The number of phenolic OH excluding ortho intramolecular Hbond substituents is 1. The second-order valence-electron chi connectivity index (χ2n) is 2.96. The Hall–Kier alpha value is -1.19. The molecule has 1 rings (SSSR count). The van der Waals surface area contributed by atoms with Gasteiger partial charge in [-0.15, -0.1) is 0 Å². The van der Waals surface area contributed by atoms with Crippen LogP contribution in [0.5, 0.6) is 5.75 Å². The van der Waals surface area contributed by atoms with Crippen molar-refractivity contribution in [2.75, 3.05) is 0 Å². The molecule has 0 saturated heterocycles. The zero-order valence-electron chi connectivity index (χ0n) is 7.79. The summed E-state index contributed by atoms with van der Waals surface area (Å²) in [5, 5.41) is 18.6. The zero-order chi connectivity index (χ0) is 11.6. The van der Waals surface area contributed by atoms with Crippen molar-refractivity contribution in [3.05, 3.63) is 33.3 Å². The van der Waals surface area contributed by atoms with Crippen LogP contribution >= 0.6 is 23.2 Å². The van der Waals surface area contributed by atoms with Crippen molar-refractivity contribution in [3.8, 4) is 5.75 Å². The van der Waals surface area contributed by atoms with Crippen LogP contribution < -0.4 is 0 Å². The fourth-order valence-electron chi connectivity index (χ4n) is 0.991. The number of carboxylic acids is 1. The van der Waals surface area contributed by atoms with E-state index in [2.05, 4.69) is 0 Å². The van der Waals surface area contributed by atoms with E-state index in [1.807, 2.05) is 0 Å². The van der Waals surface area contributed by atoms with Gasteiger partial charge in [-0.05, 0) is 25.1 Å². The first kappa shape index (κ1) is 11.9. The lowest BCUT2D eigenvalue weighted by atomic mass is 10.1. The zero-order valence-corrected chi connectivity index (χ0v) is 9.30. The predicted octanol–water partition coefficient (Wildman–Crippen LogP) is 3.19. The van der Waals surface area contributed by atoms with E-state index in [4.69, 9.17) is 28.3 Å². The minimum atomic E-state index is -1.06. The largest absolute Gasteiger partial charge is 0.506 e. The van der Waals surface area contributed by atoms with Gasteiger partial charge in [0.05, 0.1) is 5.02 Å². The quantitative estimate of drug-likeness (QED) is 0.789. The fraction of sp³-hybridized carbons (Fsp3) is 0.100. The molecule has 1 aromatic rings. The number of phenols is 1. The summed E-state index contributed by atoms with van der Waals surface area (Å²) in [7, 11) is 0. The van der Waals surface area contributed by atoms with Gasteiger partial charge < -0.3 is 10.2 Å². The first-order valence-electron chi connectivity index (χ1n) is 4.01. The summed E-state index contributed by atoms with van der Waals surface area (Å²) in [5.41, 5.74) is 0.371. The molecule has 0 aliphatic carbocycles. The van der Waals surface area contributed by atoms with Crippen molar-refractivity contribution in [3.63, 3.8) is 0 Å². The Kier molecular flexibility index (Phi) is 3.61. The maximum Gasteiger partial charge on any atom is 0.331 e. The van der Waals surface area contributed by atoms with Crippen LogP contribution in [0.15, 0.2) is 17.7 Å². The molecule has 3 nitrogen and oxygen atoms in total. The van der Waals surface area contributed by atoms with Crippen molar-refractivity contribution in [2.24, 2.45) is 0 Å². The monoisotopic (exact) mass is 246 g/mol. The molecule has 2 N–H and O–H groups in total. The highest BCUT2D eigenvalue weighted by Crippen LogP contribution is 2.32. The van der Waals surface area contributed by atoms with E-state index < -0.39 is 5.97 Å². The van der Waals surface area contributed by atoms with Gasteiger partial charge in [0.25, 0.3) is 0 Å². The number of halogens is 2. The average Bonchev–Trinajstić information content (AvgIpc) is 2.13. The molecule has 1 aromatic carbocycles. The van der Waals surface area contributed by atoms with Crippen LogP contribution in [-0.2, 0) is 4.79 Å². The molecule has 0 heterocycles. The first-order valence-corrected chi connectivity index (χ1v) is 4.77. The van der Waals surface area contributed by atoms with Gasteiger partial charge in [-0.25, -0.2) is 4.79 Å². The molecular weight excluding hydrogens is 239 g/mol. The molecule has 0 aliphatic rings. The van der Waals surface area contributed by atoms with E-state index in [-0.39, 0.29) is 21.9 Å². The third-order valence-electron chi connectivity index (χ3n) is 1.77. The smallest absolute Gasteiger partial charge is 0.331 e. The van der Waals surface area contributed by atoms with Gasteiger partial charge in [-0.3, -0.25) is 0 Å². The number of rotatable bonds is 2. The molecule has 0 unspecified atom stereocenters. The molecule has 80 valence electrons. The van der Waals surface area contributed by atoms with E-state index in [0.29, 0.717) is 5.02 Å². The molecule has 0 bridgehead atoms. The average molecular weight is 247 g/mol. The Balaban J connectivity index is 3.26. The summed E-state index contributed by atoms with van der Waals surface area (Å²) >= 11 is 11.4. The SMILES string of the molecule is C/C(=C\c1cc(Cl)cc(Cl)c1O)C(=O)O. The lowest BCUT2D eigenvalue weighted by Crippen LogP contribution is -1.95. The summed E-state index contributed by atoms with van der Waals surface area (Å²) < 4.78 is 0. The lowest BCUT2D eigenvalue weighted by molar-refractivity contribution is -0.132. The molecule has 0 fully saturated rings. The number of benzene rings is 1. The summed E-state index contributed by atoms with van der Waals surface area (Å²) in [6.45, 7) is 1.41. The minimum Gasteiger partial charge on any atom is -0.506 e. The number of aliphatic carboxylic acids is 1. The molecule has 0 saturated carbocycles. The predicted molar refractivity (Wildman–Crippen MR) is 59.4 cm³/mol. The van der Waals surface area contributed by atoms with Crippen molar-refractivity contribution in [1.82, 2.24) is 0 Å². The Morgan fingerprint density at radius 1 is 1.40 bits per heavy atom. The highest BCUT2D eigenvalue weighted by atomic mass is 35.5. The van der Waals surface area contributed by atoms with Gasteiger partial charge in [0, 0.05) is 16.2 Å². The highest BCUT2D eigenvalue weighted by molar-refractivity contribution is 6.35. The Labute approximate surface area is 96.6 Å². The molecule has 0 spiro atoms. The molecule has 0 aromatic heterocycles. The van der Waals surface area contributed by atoms with Crippen LogP contribution in [0.2, 0.25) is 10.0 Å². The maximum atomic E-state index is 10.6. The molecular formula is C10H8Cl2O3. The van der Waals surface area contributed by atoms with Crippen LogP contribution in [0, 0.1) is 0 Å².